The standard InChI is InChI=1S/C14H18O5S/c1-8-3-5-10(6-4-8)20-14-13(17)12(16)11(7-18-14)19-9(2)15/h3-6,11-14,16-17H,7H2,1-2H3/t11-,12+,13-,14+/m1/s1. The highest BCUT2D eigenvalue weighted by molar-refractivity contribution is 7.99. The van der Waals surface area contributed by atoms with Crippen molar-refractivity contribution in [2.24, 2.45) is 0 Å². The van der Waals surface area contributed by atoms with Gasteiger partial charge in [0.05, 0.1) is 6.61 Å². The Balaban J connectivity index is 1.98. The van der Waals surface area contributed by atoms with E-state index in [9.17, 15) is 15.0 Å². The van der Waals surface area contributed by atoms with Gasteiger partial charge in [-0.2, -0.15) is 0 Å². The first-order chi connectivity index (χ1) is 9.47. The van der Waals surface area contributed by atoms with Crippen molar-refractivity contribution in [1.29, 1.82) is 0 Å². The van der Waals surface area contributed by atoms with E-state index in [4.69, 9.17) is 9.47 Å². The summed E-state index contributed by atoms with van der Waals surface area (Å²) in [5.41, 5.74) is 0.564. The van der Waals surface area contributed by atoms with Crippen LogP contribution in [0.15, 0.2) is 29.2 Å². The molecular formula is C14H18O5S. The molecule has 0 bridgehead atoms. The quantitative estimate of drug-likeness (QED) is 0.814. The molecule has 1 aromatic carbocycles. The minimum Gasteiger partial charge on any atom is -0.457 e. The van der Waals surface area contributed by atoms with Crippen LogP contribution < -0.4 is 0 Å². The summed E-state index contributed by atoms with van der Waals surface area (Å²) in [7, 11) is 0. The Morgan fingerprint density at radius 2 is 1.95 bits per heavy atom. The van der Waals surface area contributed by atoms with Gasteiger partial charge in [0.15, 0.2) is 6.10 Å². The Hall–Kier alpha value is -1.08. The van der Waals surface area contributed by atoms with Crippen LogP contribution in [0.2, 0.25) is 0 Å². The molecule has 0 aliphatic carbocycles. The first-order valence-corrected chi connectivity index (χ1v) is 7.23. The maximum absolute atomic E-state index is 10.9. The number of aliphatic hydroxyl groups is 2. The van der Waals surface area contributed by atoms with Crippen LogP contribution in [0.25, 0.3) is 0 Å². The molecule has 110 valence electrons. The lowest BCUT2D eigenvalue weighted by Gasteiger charge is -2.36. The molecule has 6 heteroatoms. The molecule has 4 atom stereocenters. The SMILES string of the molecule is CC(=O)O[C@@H]1CO[C@@H](Sc2ccc(C)cc2)[C@H](O)[C@H]1O. The number of esters is 1. The molecule has 1 fully saturated rings. The summed E-state index contributed by atoms with van der Waals surface area (Å²) in [5, 5.41) is 20.0. The maximum Gasteiger partial charge on any atom is 0.303 e. The molecule has 1 aliphatic rings. The van der Waals surface area contributed by atoms with Crippen molar-refractivity contribution in [1.82, 2.24) is 0 Å². The van der Waals surface area contributed by atoms with E-state index in [0.29, 0.717) is 0 Å². The number of rotatable bonds is 3. The van der Waals surface area contributed by atoms with Crippen LogP contribution in [0, 0.1) is 6.92 Å². The van der Waals surface area contributed by atoms with E-state index in [1.807, 2.05) is 31.2 Å². The number of ether oxygens (including phenoxy) is 2. The van der Waals surface area contributed by atoms with E-state index < -0.39 is 29.7 Å². The monoisotopic (exact) mass is 298 g/mol. The van der Waals surface area contributed by atoms with Crippen LogP contribution >= 0.6 is 11.8 Å². The molecule has 0 radical (unpaired) electrons. The summed E-state index contributed by atoms with van der Waals surface area (Å²) in [6.45, 7) is 3.32. The predicted molar refractivity (Wildman–Crippen MR) is 74.3 cm³/mol. The number of aryl methyl sites for hydroxylation is 1. The molecule has 0 spiro atoms. The van der Waals surface area contributed by atoms with E-state index in [0.717, 1.165) is 10.5 Å². The summed E-state index contributed by atoms with van der Waals surface area (Å²) < 4.78 is 10.4. The van der Waals surface area contributed by atoms with Gasteiger partial charge in [0.25, 0.3) is 0 Å². The summed E-state index contributed by atoms with van der Waals surface area (Å²) in [4.78, 5) is 11.8. The van der Waals surface area contributed by atoms with E-state index in [1.54, 1.807) is 0 Å². The molecule has 2 rings (SSSR count). The first kappa shape index (κ1) is 15.3. The number of hydrogen-bond donors (Lipinski definition) is 2. The van der Waals surface area contributed by atoms with Crippen LogP contribution in [0.3, 0.4) is 0 Å². The van der Waals surface area contributed by atoms with Crippen LogP contribution in [-0.2, 0) is 14.3 Å². The fraction of sp³-hybridized carbons (Fsp3) is 0.500. The fourth-order valence-corrected chi connectivity index (χ4v) is 2.95. The minimum atomic E-state index is -1.14. The summed E-state index contributed by atoms with van der Waals surface area (Å²) in [6.07, 6.45) is -3.08. The Morgan fingerprint density at radius 3 is 2.55 bits per heavy atom. The van der Waals surface area contributed by atoms with Crippen molar-refractivity contribution in [2.45, 2.75) is 42.5 Å². The molecule has 0 aromatic heterocycles. The zero-order valence-electron chi connectivity index (χ0n) is 11.4. The lowest BCUT2D eigenvalue weighted by Crippen LogP contribution is -2.53. The molecule has 0 saturated carbocycles. The van der Waals surface area contributed by atoms with Gasteiger partial charge in [0.1, 0.15) is 17.6 Å². The van der Waals surface area contributed by atoms with Gasteiger partial charge < -0.3 is 19.7 Å². The van der Waals surface area contributed by atoms with Gasteiger partial charge in [0.2, 0.25) is 0 Å². The van der Waals surface area contributed by atoms with Gasteiger partial charge in [-0.3, -0.25) is 4.79 Å². The fourth-order valence-electron chi connectivity index (χ4n) is 1.94. The third-order valence-electron chi connectivity index (χ3n) is 3.02. The number of thioether (sulfide) groups is 1. The zero-order valence-corrected chi connectivity index (χ0v) is 12.2. The van der Waals surface area contributed by atoms with Crippen LogP contribution in [0.4, 0.5) is 0 Å². The van der Waals surface area contributed by atoms with E-state index in [-0.39, 0.29) is 6.61 Å². The van der Waals surface area contributed by atoms with Crippen molar-refractivity contribution in [3.63, 3.8) is 0 Å². The number of hydrogen-bond acceptors (Lipinski definition) is 6. The minimum absolute atomic E-state index is 0.0708. The van der Waals surface area contributed by atoms with Crippen LogP contribution in [0.1, 0.15) is 12.5 Å². The topological polar surface area (TPSA) is 76.0 Å². The highest BCUT2D eigenvalue weighted by Gasteiger charge is 2.40. The van der Waals surface area contributed by atoms with Crippen LogP contribution in [-0.4, -0.2) is 46.5 Å². The molecule has 1 heterocycles. The average molecular weight is 298 g/mol. The van der Waals surface area contributed by atoms with Gasteiger partial charge in [-0.15, -0.1) is 0 Å². The average Bonchev–Trinajstić information content (AvgIpc) is 2.40. The smallest absolute Gasteiger partial charge is 0.303 e. The van der Waals surface area contributed by atoms with Crippen molar-refractivity contribution >= 4 is 17.7 Å². The maximum atomic E-state index is 10.9. The molecule has 1 aromatic rings. The predicted octanol–water partition coefficient (Wildman–Crippen LogP) is 1.10. The molecule has 2 N–H and O–H groups in total. The molecule has 5 nitrogen and oxygen atoms in total. The largest absolute Gasteiger partial charge is 0.457 e. The lowest BCUT2D eigenvalue weighted by molar-refractivity contribution is -0.189. The van der Waals surface area contributed by atoms with Crippen molar-refractivity contribution in [3.8, 4) is 0 Å². The Kier molecular flexibility index (Phi) is 5.04. The van der Waals surface area contributed by atoms with E-state index >= 15 is 0 Å². The van der Waals surface area contributed by atoms with Crippen molar-refractivity contribution < 1.29 is 24.5 Å². The molecule has 20 heavy (non-hydrogen) atoms. The second-order valence-electron chi connectivity index (χ2n) is 4.76. The Labute approximate surface area is 121 Å². The molecule has 1 aliphatic heterocycles. The van der Waals surface area contributed by atoms with E-state index in [1.165, 1.54) is 18.7 Å². The highest BCUT2D eigenvalue weighted by Crippen LogP contribution is 2.31. The highest BCUT2D eigenvalue weighted by atomic mass is 32.2. The molecule has 0 amide bonds. The second-order valence-corrected chi connectivity index (χ2v) is 5.93. The number of aliphatic hydroxyl groups excluding tert-OH is 2. The van der Waals surface area contributed by atoms with Crippen molar-refractivity contribution in [2.75, 3.05) is 6.61 Å². The van der Waals surface area contributed by atoms with Gasteiger partial charge in [-0.05, 0) is 19.1 Å². The van der Waals surface area contributed by atoms with Crippen molar-refractivity contribution in [3.05, 3.63) is 29.8 Å². The summed E-state index contributed by atoms with van der Waals surface area (Å²) in [6, 6.07) is 7.80. The number of carbonyl (C=O) groups excluding carboxylic acids is 1. The third-order valence-corrected chi connectivity index (χ3v) is 4.22. The normalized spacial score (nSPS) is 30.0. The number of benzene rings is 1. The lowest BCUT2D eigenvalue weighted by atomic mass is 10.1. The summed E-state index contributed by atoms with van der Waals surface area (Å²) >= 11 is 1.33. The Bertz CT molecular complexity index is 461. The second kappa shape index (κ2) is 6.58. The van der Waals surface area contributed by atoms with Gasteiger partial charge >= 0.3 is 5.97 Å². The van der Waals surface area contributed by atoms with Crippen LogP contribution in [0.5, 0.6) is 0 Å². The molecule has 1 saturated heterocycles. The molecule has 0 unspecified atom stereocenters. The van der Waals surface area contributed by atoms with Gasteiger partial charge in [-0.1, -0.05) is 29.5 Å². The third kappa shape index (κ3) is 3.73. The molecular weight excluding hydrogens is 280 g/mol. The summed E-state index contributed by atoms with van der Waals surface area (Å²) in [5.74, 6) is -0.505. The Morgan fingerprint density at radius 1 is 1.30 bits per heavy atom. The number of carbonyl (C=O) groups is 1. The van der Waals surface area contributed by atoms with Gasteiger partial charge in [-0.25, -0.2) is 0 Å². The zero-order chi connectivity index (χ0) is 14.7. The van der Waals surface area contributed by atoms with E-state index in [2.05, 4.69) is 0 Å². The first-order valence-electron chi connectivity index (χ1n) is 6.35. The van der Waals surface area contributed by atoms with Gasteiger partial charge in [0, 0.05) is 11.8 Å².